The number of hydrogen-bond donors (Lipinski definition) is 3. The maximum absolute atomic E-state index is 12.3. The summed E-state index contributed by atoms with van der Waals surface area (Å²) in [4.78, 5) is 15.5. The van der Waals surface area contributed by atoms with Gasteiger partial charge in [0.15, 0.2) is 0 Å². The fourth-order valence-electron chi connectivity index (χ4n) is 3.37. The Morgan fingerprint density at radius 2 is 2.18 bits per heavy atom. The SMILES string of the molecule is CCC1(CNC(=O)[C@@H](N)Cc2c[nH]c3ccccc23)CCC1. The Kier molecular flexibility index (Phi) is 4.21. The molecular weight excluding hydrogens is 274 g/mol. The largest absolute Gasteiger partial charge is 0.361 e. The molecule has 0 unspecified atom stereocenters. The number of nitrogens with one attached hydrogen (secondary N) is 2. The Labute approximate surface area is 131 Å². The van der Waals surface area contributed by atoms with Crippen LogP contribution in [0.2, 0.25) is 0 Å². The highest BCUT2D eigenvalue weighted by Crippen LogP contribution is 2.43. The van der Waals surface area contributed by atoms with Crippen LogP contribution in [-0.4, -0.2) is 23.5 Å². The van der Waals surface area contributed by atoms with Crippen molar-refractivity contribution in [3.8, 4) is 0 Å². The van der Waals surface area contributed by atoms with Crippen LogP contribution >= 0.6 is 0 Å². The molecule has 118 valence electrons. The Hall–Kier alpha value is -1.81. The van der Waals surface area contributed by atoms with Gasteiger partial charge in [0.1, 0.15) is 0 Å². The summed E-state index contributed by atoms with van der Waals surface area (Å²) in [6.45, 7) is 2.97. The van der Waals surface area contributed by atoms with Crippen molar-refractivity contribution in [3.63, 3.8) is 0 Å². The van der Waals surface area contributed by atoms with E-state index in [1.165, 1.54) is 19.3 Å². The van der Waals surface area contributed by atoms with Crippen molar-refractivity contribution < 1.29 is 4.79 Å². The molecular formula is C18H25N3O. The second kappa shape index (κ2) is 6.13. The molecule has 1 fully saturated rings. The van der Waals surface area contributed by atoms with Gasteiger partial charge >= 0.3 is 0 Å². The van der Waals surface area contributed by atoms with Gasteiger partial charge in [0.2, 0.25) is 5.91 Å². The van der Waals surface area contributed by atoms with Crippen LogP contribution in [0.5, 0.6) is 0 Å². The summed E-state index contributed by atoms with van der Waals surface area (Å²) in [5, 5.41) is 4.21. The quantitative estimate of drug-likeness (QED) is 0.767. The van der Waals surface area contributed by atoms with Gasteiger partial charge in [-0.3, -0.25) is 4.79 Å². The number of carbonyl (C=O) groups excluding carboxylic acids is 1. The average molecular weight is 299 g/mol. The number of H-pyrrole nitrogens is 1. The summed E-state index contributed by atoms with van der Waals surface area (Å²) in [5.41, 5.74) is 8.62. The standard InChI is InChI=1S/C18H25N3O/c1-2-18(8-5-9-18)12-21-17(22)15(19)10-13-11-20-16-7-4-3-6-14(13)16/h3-4,6-7,11,15,20H,2,5,8-10,12,19H2,1H3,(H,21,22)/t15-/m0/s1. The summed E-state index contributed by atoms with van der Waals surface area (Å²) in [6, 6.07) is 7.61. The van der Waals surface area contributed by atoms with Gasteiger partial charge in [-0.25, -0.2) is 0 Å². The van der Waals surface area contributed by atoms with Crippen molar-refractivity contribution in [2.24, 2.45) is 11.1 Å². The van der Waals surface area contributed by atoms with Gasteiger partial charge in [0.05, 0.1) is 6.04 Å². The van der Waals surface area contributed by atoms with Crippen molar-refractivity contribution in [1.29, 1.82) is 0 Å². The van der Waals surface area contributed by atoms with E-state index in [4.69, 9.17) is 5.73 Å². The van der Waals surface area contributed by atoms with Crippen LogP contribution in [0.25, 0.3) is 10.9 Å². The number of aromatic amines is 1. The number of hydrogen-bond acceptors (Lipinski definition) is 2. The fraction of sp³-hybridized carbons (Fsp3) is 0.500. The first kappa shape index (κ1) is 15.1. The number of carbonyl (C=O) groups is 1. The number of amides is 1. The topological polar surface area (TPSA) is 70.9 Å². The van der Waals surface area contributed by atoms with E-state index < -0.39 is 6.04 Å². The predicted molar refractivity (Wildman–Crippen MR) is 89.6 cm³/mol. The van der Waals surface area contributed by atoms with Crippen molar-refractivity contribution in [2.75, 3.05) is 6.54 Å². The van der Waals surface area contributed by atoms with Gasteiger partial charge < -0.3 is 16.0 Å². The molecule has 0 bridgehead atoms. The van der Waals surface area contributed by atoms with Gasteiger partial charge in [0.25, 0.3) is 0 Å². The Morgan fingerprint density at radius 1 is 1.41 bits per heavy atom. The van der Waals surface area contributed by atoms with Crippen LogP contribution in [0.3, 0.4) is 0 Å². The smallest absolute Gasteiger partial charge is 0.237 e. The lowest BCUT2D eigenvalue weighted by molar-refractivity contribution is -0.123. The highest BCUT2D eigenvalue weighted by atomic mass is 16.2. The van der Waals surface area contributed by atoms with E-state index in [9.17, 15) is 4.79 Å². The average Bonchev–Trinajstić information content (AvgIpc) is 2.90. The molecule has 2 aromatic rings. The third-order valence-electron chi connectivity index (χ3n) is 5.25. The molecule has 1 amide bonds. The maximum atomic E-state index is 12.3. The molecule has 0 spiro atoms. The van der Waals surface area contributed by atoms with Gasteiger partial charge in [-0.15, -0.1) is 0 Å². The molecule has 1 aliphatic rings. The number of fused-ring (bicyclic) bond motifs is 1. The van der Waals surface area contributed by atoms with E-state index in [2.05, 4.69) is 23.3 Å². The van der Waals surface area contributed by atoms with E-state index >= 15 is 0 Å². The summed E-state index contributed by atoms with van der Waals surface area (Å²) < 4.78 is 0. The normalized spacial score (nSPS) is 17.9. The monoisotopic (exact) mass is 299 g/mol. The lowest BCUT2D eigenvalue weighted by atomic mass is 9.67. The third kappa shape index (κ3) is 2.88. The summed E-state index contributed by atoms with van der Waals surface area (Å²) in [5.74, 6) is -0.0370. The molecule has 1 aromatic carbocycles. The minimum Gasteiger partial charge on any atom is -0.361 e. The van der Waals surface area contributed by atoms with Gasteiger partial charge in [-0.1, -0.05) is 31.5 Å². The van der Waals surface area contributed by atoms with E-state index in [0.717, 1.165) is 29.4 Å². The predicted octanol–water partition coefficient (Wildman–Crippen LogP) is 2.73. The van der Waals surface area contributed by atoms with Crippen molar-refractivity contribution in [3.05, 3.63) is 36.0 Å². The zero-order valence-electron chi connectivity index (χ0n) is 13.2. The first-order chi connectivity index (χ1) is 10.6. The van der Waals surface area contributed by atoms with Crippen LogP contribution in [0.15, 0.2) is 30.5 Å². The minimum atomic E-state index is -0.492. The molecule has 1 heterocycles. The lowest BCUT2D eigenvalue weighted by Gasteiger charge is -2.41. The zero-order valence-corrected chi connectivity index (χ0v) is 13.2. The second-order valence-electron chi connectivity index (χ2n) is 6.60. The van der Waals surface area contributed by atoms with E-state index in [-0.39, 0.29) is 5.91 Å². The Bertz CT molecular complexity index is 652. The number of benzene rings is 1. The number of rotatable bonds is 6. The number of nitrogens with two attached hydrogens (primary N) is 1. The maximum Gasteiger partial charge on any atom is 0.237 e. The molecule has 1 atom stereocenters. The molecule has 0 radical (unpaired) electrons. The first-order valence-electron chi connectivity index (χ1n) is 8.22. The fourth-order valence-corrected chi connectivity index (χ4v) is 3.37. The molecule has 4 N–H and O–H groups in total. The third-order valence-corrected chi connectivity index (χ3v) is 5.25. The summed E-state index contributed by atoms with van der Waals surface area (Å²) in [7, 11) is 0. The lowest BCUT2D eigenvalue weighted by Crippen LogP contribution is -2.48. The van der Waals surface area contributed by atoms with Crippen LogP contribution in [-0.2, 0) is 11.2 Å². The molecule has 0 saturated heterocycles. The number of para-hydroxylation sites is 1. The van der Waals surface area contributed by atoms with Crippen molar-refractivity contribution in [1.82, 2.24) is 10.3 Å². The first-order valence-corrected chi connectivity index (χ1v) is 8.22. The Balaban J connectivity index is 1.59. The molecule has 3 rings (SSSR count). The van der Waals surface area contributed by atoms with Gasteiger partial charge in [-0.2, -0.15) is 0 Å². The summed E-state index contributed by atoms with van der Waals surface area (Å²) in [6.07, 6.45) is 7.38. The van der Waals surface area contributed by atoms with E-state index in [1.54, 1.807) is 0 Å². The second-order valence-corrected chi connectivity index (χ2v) is 6.60. The van der Waals surface area contributed by atoms with Crippen LogP contribution < -0.4 is 11.1 Å². The molecule has 0 aliphatic heterocycles. The Morgan fingerprint density at radius 3 is 2.86 bits per heavy atom. The molecule has 4 heteroatoms. The highest BCUT2D eigenvalue weighted by Gasteiger charge is 2.35. The number of aromatic nitrogens is 1. The van der Waals surface area contributed by atoms with Crippen LogP contribution in [0.1, 0.15) is 38.2 Å². The minimum absolute atomic E-state index is 0.0370. The molecule has 4 nitrogen and oxygen atoms in total. The van der Waals surface area contributed by atoms with Crippen LogP contribution in [0, 0.1) is 5.41 Å². The van der Waals surface area contributed by atoms with Gasteiger partial charge in [-0.05, 0) is 42.7 Å². The van der Waals surface area contributed by atoms with E-state index in [1.807, 2.05) is 24.4 Å². The van der Waals surface area contributed by atoms with E-state index in [0.29, 0.717) is 11.8 Å². The molecule has 1 aromatic heterocycles. The molecule has 22 heavy (non-hydrogen) atoms. The van der Waals surface area contributed by atoms with Crippen LogP contribution in [0.4, 0.5) is 0 Å². The van der Waals surface area contributed by atoms with Crippen molar-refractivity contribution >= 4 is 16.8 Å². The van der Waals surface area contributed by atoms with Crippen molar-refractivity contribution in [2.45, 2.75) is 45.1 Å². The molecule has 1 saturated carbocycles. The summed E-state index contributed by atoms with van der Waals surface area (Å²) >= 11 is 0. The molecule has 1 aliphatic carbocycles. The highest BCUT2D eigenvalue weighted by molar-refractivity contribution is 5.86. The van der Waals surface area contributed by atoms with Gasteiger partial charge in [0, 0.05) is 23.6 Å². The zero-order chi connectivity index (χ0) is 15.6.